The standard InChI is InChI=1S/C13H14FN3O/c14-11-3-1-10(2-4-11)7-13(18)16-6-5-12-8-15-9-17-12/h1-4,8-9H,5-7H2,(H,15,17)(H,16,18). The zero-order chi connectivity index (χ0) is 12.8. The lowest BCUT2D eigenvalue weighted by atomic mass is 10.1. The molecule has 0 aliphatic rings. The van der Waals surface area contributed by atoms with E-state index in [0.29, 0.717) is 6.54 Å². The van der Waals surface area contributed by atoms with Crippen molar-refractivity contribution in [3.8, 4) is 0 Å². The summed E-state index contributed by atoms with van der Waals surface area (Å²) in [7, 11) is 0. The number of aromatic nitrogens is 2. The summed E-state index contributed by atoms with van der Waals surface area (Å²) >= 11 is 0. The second-order valence-corrected chi connectivity index (χ2v) is 3.98. The number of imidazole rings is 1. The highest BCUT2D eigenvalue weighted by Gasteiger charge is 2.03. The predicted octanol–water partition coefficient (Wildman–Crippen LogP) is 1.45. The zero-order valence-corrected chi connectivity index (χ0v) is 9.82. The van der Waals surface area contributed by atoms with Crippen LogP contribution < -0.4 is 5.32 Å². The van der Waals surface area contributed by atoms with Gasteiger partial charge >= 0.3 is 0 Å². The summed E-state index contributed by atoms with van der Waals surface area (Å²) in [6, 6.07) is 5.94. The molecule has 18 heavy (non-hydrogen) atoms. The summed E-state index contributed by atoms with van der Waals surface area (Å²) in [6.45, 7) is 0.558. The average Bonchev–Trinajstić information content (AvgIpc) is 2.85. The Morgan fingerprint density at radius 1 is 1.33 bits per heavy atom. The highest BCUT2D eigenvalue weighted by atomic mass is 19.1. The molecule has 0 radical (unpaired) electrons. The average molecular weight is 247 g/mol. The molecule has 0 unspecified atom stereocenters. The molecule has 2 rings (SSSR count). The lowest BCUT2D eigenvalue weighted by molar-refractivity contribution is -0.120. The fourth-order valence-corrected chi connectivity index (χ4v) is 1.61. The van der Waals surface area contributed by atoms with E-state index in [1.807, 2.05) is 0 Å². The Kier molecular flexibility index (Phi) is 4.06. The Balaban J connectivity index is 1.73. The van der Waals surface area contributed by atoms with Crippen LogP contribution in [0.25, 0.3) is 0 Å². The van der Waals surface area contributed by atoms with E-state index < -0.39 is 0 Å². The van der Waals surface area contributed by atoms with Crippen molar-refractivity contribution < 1.29 is 9.18 Å². The fourth-order valence-electron chi connectivity index (χ4n) is 1.61. The molecule has 0 fully saturated rings. The Labute approximate surface area is 104 Å². The topological polar surface area (TPSA) is 57.8 Å². The number of carbonyl (C=O) groups excluding carboxylic acids is 1. The van der Waals surface area contributed by atoms with Crippen molar-refractivity contribution in [1.29, 1.82) is 0 Å². The van der Waals surface area contributed by atoms with Crippen LogP contribution in [0.2, 0.25) is 0 Å². The minimum Gasteiger partial charge on any atom is -0.355 e. The minimum atomic E-state index is -0.293. The molecule has 4 nitrogen and oxygen atoms in total. The van der Waals surface area contributed by atoms with E-state index >= 15 is 0 Å². The number of hydrogen-bond donors (Lipinski definition) is 2. The Morgan fingerprint density at radius 3 is 2.78 bits per heavy atom. The van der Waals surface area contributed by atoms with E-state index in [0.717, 1.165) is 17.7 Å². The molecule has 0 aliphatic carbocycles. The monoisotopic (exact) mass is 247 g/mol. The predicted molar refractivity (Wildman–Crippen MR) is 65.4 cm³/mol. The molecule has 0 aliphatic heterocycles. The first-order valence-corrected chi connectivity index (χ1v) is 5.72. The number of aromatic amines is 1. The smallest absolute Gasteiger partial charge is 0.224 e. The first-order chi connectivity index (χ1) is 8.74. The van der Waals surface area contributed by atoms with Gasteiger partial charge in [-0.25, -0.2) is 9.37 Å². The van der Waals surface area contributed by atoms with E-state index in [-0.39, 0.29) is 18.1 Å². The van der Waals surface area contributed by atoms with Crippen LogP contribution in [-0.4, -0.2) is 22.4 Å². The molecule has 0 atom stereocenters. The first-order valence-electron chi connectivity index (χ1n) is 5.72. The number of carbonyl (C=O) groups is 1. The molecule has 1 aromatic heterocycles. The van der Waals surface area contributed by atoms with E-state index in [4.69, 9.17) is 0 Å². The maximum Gasteiger partial charge on any atom is 0.224 e. The largest absolute Gasteiger partial charge is 0.355 e. The number of benzene rings is 1. The lowest BCUT2D eigenvalue weighted by Gasteiger charge is -2.04. The molecule has 0 saturated heterocycles. The molecular formula is C13H14FN3O. The number of H-pyrrole nitrogens is 1. The quantitative estimate of drug-likeness (QED) is 0.840. The van der Waals surface area contributed by atoms with Crippen LogP contribution in [0.3, 0.4) is 0 Å². The second-order valence-electron chi connectivity index (χ2n) is 3.98. The maximum atomic E-state index is 12.7. The van der Waals surface area contributed by atoms with Crippen LogP contribution in [0.1, 0.15) is 11.3 Å². The van der Waals surface area contributed by atoms with Gasteiger partial charge in [0.1, 0.15) is 5.82 Å². The van der Waals surface area contributed by atoms with Crippen LogP contribution in [0.15, 0.2) is 36.8 Å². The molecule has 0 spiro atoms. The van der Waals surface area contributed by atoms with Gasteiger partial charge in [0.15, 0.2) is 0 Å². The van der Waals surface area contributed by atoms with Gasteiger partial charge in [-0.1, -0.05) is 12.1 Å². The van der Waals surface area contributed by atoms with Gasteiger partial charge in [-0.2, -0.15) is 0 Å². The number of nitrogens with zero attached hydrogens (tertiary/aromatic N) is 1. The van der Waals surface area contributed by atoms with E-state index in [1.165, 1.54) is 12.1 Å². The molecule has 5 heteroatoms. The number of hydrogen-bond acceptors (Lipinski definition) is 2. The highest BCUT2D eigenvalue weighted by Crippen LogP contribution is 2.03. The van der Waals surface area contributed by atoms with Gasteiger partial charge in [0, 0.05) is 24.9 Å². The Bertz CT molecular complexity index is 493. The molecule has 1 amide bonds. The third-order valence-corrected chi connectivity index (χ3v) is 2.55. The van der Waals surface area contributed by atoms with E-state index in [1.54, 1.807) is 24.7 Å². The number of nitrogens with one attached hydrogen (secondary N) is 2. The van der Waals surface area contributed by atoms with Crippen LogP contribution >= 0.6 is 0 Å². The molecule has 94 valence electrons. The summed E-state index contributed by atoms with van der Waals surface area (Å²) in [5, 5.41) is 2.80. The van der Waals surface area contributed by atoms with Gasteiger partial charge in [-0.3, -0.25) is 4.79 Å². The molecule has 2 N–H and O–H groups in total. The van der Waals surface area contributed by atoms with Crippen molar-refractivity contribution >= 4 is 5.91 Å². The third kappa shape index (κ3) is 3.69. The summed E-state index contributed by atoms with van der Waals surface area (Å²) in [4.78, 5) is 18.5. The fraction of sp³-hybridized carbons (Fsp3) is 0.231. The summed E-state index contributed by atoms with van der Waals surface area (Å²) < 4.78 is 12.7. The third-order valence-electron chi connectivity index (χ3n) is 2.55. The molecular weight excluding hydrogens is 233 g/mol. The van der Waals surface area contributed by atoms with E-state index in [9.17, 15) is 9.18 Å². The molecule has 2 aromatic rings. The minimum absolute atomic E-state index is 0.0684. The zero-order valence-electron chi connectivity index (χ0n) is 9.82. The SMILES string of the molecule is O=C(Cc1ccc(F)cc1)NCCc1cnc[nH]1. The molecule has 0 bridgehead atoms. The Hall–Kier alpha value is -2.17. The molecule has 1 heterocycles. The summed E-state index contributed by atoms with van der Waals surface area (Å²) in [5.41, 5.74) is 1.78. The normalized spacial score (nSPS) is 10.3. The molecule has 1 aromatic carbocycles. The highest BCUT2D eigenvalue weighted by molar-refractivity contribution is 5.78. The lowest BCUT2D eigenvalue weighted by Crippen LogP contribution is -2.27. The van der Waals surface area contributed by atoms with Crippen molar-refractivity contribution in [2.75, 3.05) is 6.54 Å². The van der Waals surface area contributed by atoms with Crippen LogP contribution in [-0.2, 0) is 17.6 Å². The van der Waals surface area contributed by atoms with Crippen LogP contribution in [0, 0.1) is 5.82 Å². The van der Waals surface area contributed by atoms with Crippen molar-refractivity contribution in [3.05, 3.63) is 53.9 Å². The number of rotatable bonds is 5. The number of amides is 1. The second kappa shape index (κ2) is 5.95. The number of halogens is 1. The van der Waals surface area contributed by atoms with Gasteiger partial charge < -0.3 is 10.3 Å². The summed E-state index contributed by atoms with van der Waals surface area (Å²) in [6.07, 6.45) is 4.32. The van der Waals surface area contributed by atoms with Crippen molar-refractivity contribution in [1.82, 2.24) is 15.3 Å². The van der Waals surface area contributed by atoms with Crippen LogP contribution in [0.5, 0.6) is 0 Å². The van der Waals surface area contributed by atoms with Gasteiger partial charge in [-0.15, -0.1) is 0 Å². The van der Waals surface area contributed by atoms with Crippen molar-refractivity contribution in [3.63, 3.8) is 0 Å². The van der Waals surface area contributed by atoms with Gasteiger partial charge in [0.05, 0.1) is 12.7 Å². The maximum absolute atomic E-state index is 12.7. The Morgan fingerprint density at radius 2 is 2.11 bits per heavy atom. The summed E-state index contributed by atoms with van der Waals surface area (Å²) in [5.74, 6) is -0.362. The van der Waals surface area contributed by atoms with Gasteiger partial charge in [0.2, 0.25) is 5.91 Å². The van der Waals surface area contributed by atoms with Gasteiger partial charge in [0.25, 0.3) is 0 Å². The van der Waals surface area contributed by atoms with Crippen LogP contribution in [0.4, 0.5) is 4.39 Å². The van der Waals surface area contributed by atoms with Gasteiger partial charge in [-0.05, 0) is 17.7 Å². The molecule has 0 saturated carbocycles. The first kappa shape index (κ1) is 12.3. The van der Waals surface area contributed by atoms with E-state index in [2.05, 4.69) is 15.3 Å². The van der Waals surface area contributed by atoms with Crippen molar-refractivity contribution in [2.24, 2.45) is 0 Å². The van der Waals surface area contributed by atoms with Crippen molar-refractivity contribution in [2.45, 2.75) is 12.8 Å².